The third kappa shape index (κ3) is 4.26. The van der Waals surface area contributed by atoms with E-state index in [1.807, 2.05) is 36.4 Å². The Bertz CT molecular complexity index is 1020. The summed E-state index contributed by atoms with van der Waals surface area (Å²) in [6.07, 6.45) is 0.897. The van der Waals surface area contributed by atoms with Crippen LogP contribution in [0, 0.1) is 11.7 Å². The van der Waals surface area contributed by atoms with Crippen molar-refractivity contribution in [3.8, 4) is 0 Å². The minimum Gasteiger partial charge on any atom is -0.375 e. The highest BCUT2D eigenvalue weighted by Crippen LogP contribution is 2.51. The molecule has 5 nitrogen and oxygen atoms in total. The zero-order valence-corrected chi connectivity index (χ0v) is 18.0. The van der Waals surface area contributed by atoms with Crippen molar-refractivity contribution in [2.45, 2.75) is 31.1 Å². The van der Waals surface area contributed by atoms with Gasteiger partial charge in [0.25, 0.3) is 0 Å². The van der Waals surface area contributed by atoms with Crippen LogP contribution in [-0.2, 0) is 14.8 Å². The van der Waals surface area contributed by atoms with E-state index in [0.717, 1.165) is 23.0 Å². The van der Waals surface area contributed by atoms with Crippen molar-refractivity contribution in [1.82, 2.24) is 4.72 Å². The van der Waals surface area contributed by atoms with Crippen molar-refractivity contribution in [1.29, 1.82) is 0 Å². The molecule has 2 aromatic carbocycles. The van der Waals surface area contributed by atoms with Crippen molar-refractivity contribution >= 4 is 31.6 Å². The van der Waals surface area contributed by atoms with Crippen molar-refractivity contribution in [2.24, 2.45) is 5.92 Å². The number of hydrogen-bond acceptors (Lipinski definition) is 4. The Balaban J connectivity index is 1.67. The Labute approximate surface area is 178 Å². The topological polar surface area (TPSA) is 67.4 Å². The van der Waals surface area contributed by atoms with Gasteiger partial charge in [0.05, 0.1) is 23.9 Å². The molecule has 154 valence electrons. The second-order valence-corrected chi connectivity index (χ2v) is 9.99. The van der Waals surface area contributed by atoms with E-state index in [9.17, 15) is 12.8 Å². The summed E-state index contributed by atoms with van der Waals surface area (Å²) in [5.41, 5.74) is 2.27. The fraction of sp³-hybridized carbons (Fsp3) is 0.333. The van der Waals surface area contributed by atoms with Gasteiger partial charge in [-0.15, -0.1) is 0 Å². The highest BCUT2D eigenvalue weighted by Gasteiger charge is 2.43. The average Bonchev–Trinajstić information content (AvgIpc) is 2.72. The lowest BCUT2D eigenvalue weighted by Crippen LogP contribution is -2.43. The summed E-state index contributed by atoms with van der Waals surface area (Å²) < 4.78 is 47.6. The third-order valence-corrected chi connectivity index (χ3v) is 7.03. The monoisotopic (exact) mass is 480 g/mol. The van der Waals surface area contributed by atoms with E-state index in [0.29, 0.717) is 16.6 Å². The van der Waals surface area contributed by atoms with Crippen LogP contribution in [0.3, 0.4) is 0 Å². The smallest absolute Gasteiger partial charge is 0.233 e. The van der Waals surface area contributed by atoms with Gasteiger partial charge in [0.2, 0.25) is 10.0 Å². The zero-order valence-electron chi connectivity index (χ0n) is 15.6. The van der Waals surface area contributed by atoms with Crippen LogP contribution in [0.15, 0.2) is 58.9 Å². The van der Waals surface area contributed by atoms with Gasteiger partial charge in [-0.2, -0.15) is 0 Å². The Kier molecular flexibility index (Phi) is 5.79. The van der Waals surface area contributed by atoms with Gasteiger partial charge in [-0.25, -0.2) is 17.5 Å². The molecule has 8 heteroatoms. The maximum Gasteiger partial charge on any atom is 0.233 e. The second-order valence-electron chi connectivity index (χ2n) is 7.36. The molecule has 1 saturated heterocycles. The first kappa shape index (κ1) is 20.5. The first-order valence-corrected chi connectivity index (χ1v) is 11.8. The predicted octanol–water partition coefficient (Wildman–Crippen LogP) is 4.65. The standard InChI is InChI=1S/C21H22BrFN2O3S/c1-2-29(26,27)24-12-15-8-9-16-19(13-6-4-3-5-7-13)25-20-17(21(16)28-15)10-14(22)11-18(20)23/h2-7,10-11,15-16,19,21,24-25H,1,8-9,12H2/t15-,16+,19+,21+/m1/s1. The summed E-state index contributed by atoms with van der Waals surface area (Å²) in [5.74, 6) is -0.238. The van der Waals surface area contributed by atoms with Crippen LogP contribution in [0.25, 0.3) is 0 Å². The molecule has 0 bridgehead atoms. The number of rotatable bonds is 5. The van der Waals surface area contributed by atoms with Crippen molar-refractivity contribution in [3.05, 3.63) is 75.9 Å². The first-order valence-electron chi connectivity index (χ1n) is 9.46. The van der Waals surface area contributed by atoms with Gasteiger partial charge in [0.1, 0.15) is 5.82 Å². The molecule has 29 heavy (non-hydrogen) atoms. The van der Waals surface area contributed by atoms with E-state index in [1.54, 1.807) is 0 Å². The van der Waals surface area contributed by atoms with Gasteiger partial charge in [-0.1, -0.05) is 52.8 Å². The molecular formula is C21H22BrFN2O3S. The van der Waals surface area contributed by atoms with E-state index in [-0.39, 0.29) is 36.5 Å². The Morgan fingerprint density at radius 2 is 2.03 bits per heavy atom. The summed E-state index contributed by atoms with van der Waals surface area (Å²) >= 11 is 3.37. The number of anilines is 1. The van der Waals surface area contributed by atoms with Crippen LogP contribution >= 0.6 is 15.9 Å². The number of sulfonamides is 1. The van der Waals surface area contributed by atoms with Gasteiger partial charge >= 0.3 is 0 Å². The number of benzene rings is 2. The lowest BCUT2D eigenvalue weighted by Gasteiger charge is -2.45. The minimum absolute atomic E-state index is 0.0878. The van der Waals surface area contributed by atoms with E-state index < -0.39 is 10.0 Å². The molecule has 0 aliphatic carbocycles. The molecule has 0 spiro atoms. The lowest BCUT2D eigenvalue weighted by molar-refractivity contribution is -0.0901. The molecule has 2 aliphatic rings. The average molecular weight is 481 g/mol. The van der Waals surface area contributed by atoms with Gasteiger partial charge in [0.15, 0.2) is 0 Å². The maximum absolute atomic E-state index is 14.8. The van der Waals surface area contributed by atoms with E-state index >= 15 is 0 Å². The number of hydrogen-bond donors (Lipinski definition) is 2. The number of fused-ring (bicyclic) bond motifs is 3. The van der Waals surface area contributed by atoms with Gasteiger partial charge in [-0.3, -0.25) is 0 Å². The molecule has 1 fully saturated rings. The van der Waals surface area contributed by atoms with Gasteiger partial charge in [0, 0.05) is 27.9 Å². The van der Waals surface area contributed by atoms with Crippen molar-refractivity contribution in [3.63, 3.8) is 0 Å². The first-order chi connectivity index (χ1) is 13.9. The van der Waals surface area contributed by atoms with Crippen molar-refractivity contribution in [2.75, 3.05) is 11.9 Å². The lowest BCUT2D eigenvalue weighted by atomic mass is 9.76. The molecule has 0 aromatic heterocycles. The van der Waals surface area contributed by atoms with Gasteiger partial charge in [-0.05, 0) is 30.5 Å². The number of halogens is 2. The molecule has 0 radical (unpaired) electrons. The van der Waals surface area contributed by atoms with Crippen LogP contribution in [0.5, 0.6) is 0 Å². The summed E-state index contributed by atoms with van der Waals surface area (Å²) in [6, 6.07) is 13.2. The molecule has 4 rings (SSSR count). The predicted molar refractivity (Wildman–Crippen MR) is 114 cm³/mol. The molecule has 2 aromatic rings. The summed E-state index contributed by atoms with van der Waals surface area (Å²) in [6.45, 7) is 3.47. The third-order valence-electron chi connectivity index (χ3n) is 5.56. The number of ether oxygens (including phenoxy) is 1. The van der Waals surface area contributed by atoms with Crippen LogP contribution in [0.4, 0.5) is 10.1 Å². The highest BCUT2D eigenvalue weighted by atomic mass is 79.9. The zero-order chi connectivity index (χ0) is 20.6. The molecule has 0 saturated carbocycles. The Morgan fingerprint density at radius 1 is 1.28 bits per heavy atom. The fourth-order valence-electron chi connectivity index (χ4n) is 4.19. The maximum atomic E-state index is 14.8. The Morgan fingerprint density at radius 3 is 2.76 bits per heavy atom. The Hall–Kier alpha value is -1.74. The molecular weight excluding hydrogens is 459 g/mol. The summed E-state index contributed by atoms with van der Waals surface area (Å²) in [4.78, 5) is 0. The van der Waals surface area contributed by atoms with Crippen LogP contribution < -0.4 is 10.0 Å². The fourth-order valence-corrected chi connectivity index (χ4v) is 5.18. The molecule has 0 unspecified atom stereocenters. The normalized spacial score (nSPS) is 26.1. The second kappa shape index (κ2) is 8.18. The SMILES string of the molecule is C=CS(=O)(=O)NC[C@H]1CC[C@@H]2[C@H](O1)c1cc(Br)cc(F)c1N[C@H]2c1ccccc1. The van der Waals surface area contributed by atoms with Gasteiger partial charge < -0.3 is 10.1 Å². The molecule has 2 N–H and O–H groups in total. The van der Waals surface area contributed by atoms with E-state index in [2.05, 4.69) is 32.5 Å². The van der Waals surface area contributed by atoms with E-state index in [4.69, 9.17) is 4.74 Å². The van der Waals surface area contributed by atoms with Crippen molar-refractivity contribution < 1.29 is 17.5 Å². The van der Waals surface area contributed by atoms with Crippen LogP contribution in [0.1, 0.15) is 36.1 Å². The highest BCUT2D eigenvalue weighted by molar-refractivity contribution is 9.10. The van der Waals surface area contributed by atoms with Crippen LogP contribution in [0.2, 0.25) is 0 Å². The quantitative estimate of drug-likeness (QED) is 0.653. The molecule has 4 atom stereocenters. The number of nitrogens with one attached hydrogen (secondary N) is 2. The summed E-state index contributed by atoms with van der Waals surface area (Å²) in [7, 11) is -3.52. The summed E-state index contributed by atoms with van der Waals surface area (Å²) in [5, 5.41) is 4.27. The molecule has 0 amide bonds. The minimum atomic E-state index is -3.52. The van der Waals surface area contributed by atoms with Crippen LogP contribution in [-0.4, -0.2) is 21.1 Å². The van der Waals surface area contributed by atoms with E-state index in [1.165, 1.54) is 6.07 Å². The molecule has 2 aliphatic heterocycles. The largest absolute Gasteiger partial charge is 0.375 e. The molecule has 2 heterocycles.